The second kappa shape index (κ2) is 7.44. The van der Waals surface area contributed by atoms with Crippen LogP contribution >= 0.6 is 0 Å². The van der Waals surface area contributed by atoms with Crippen molar-refractivity contribution in [2.24, 2.45) is 11.8 Å². The predicted molar refractivity (Wildman–Crippen MR) is 95.9 cm³/mol. The van der Waals surface area contributed by atoms with E-state index in [9.17, 15) is 9.59 Å². The van der Waals surface area contributed by atoms with Gasteiger partial charge in [0.1, 0.15) is 11.5 Å². The van der Waals surface area contributed by atoms with Crippen LogP contribution in [0.15, 0.2) is 18.2 Å². The summed E-state index contributed by atoms with van der Waals surface area (Å²) in [5.74, 6) is 0.377. The van der Waals surface area contributed by atoms with Crippen molar-refractivity contribution in [2.75, 3.05) is 34.9 Å². The van der Waals surface area contributed by atoms with Crippen LogP contribution in [0.4, 0.5) is 0 Å². The van der Waals surface area contributed by atoms with E-state index in [1.165, 1.54) is 0 Å². The van der Waals surface area contributed by atoms with E-state index in [4.69, 9.17) is 9.47 Å². The predicted octanol–water partition coefficient (Wildman–Crippen LogP) is 1.82. The molecule has 0 saturated carbocycles. The molecule has 1 aliphatic heterocycles. The number of rotatable bonds is 6. The molecule has 138 valence electrons. The zero-order valence-corrected chi connectivity index (χ0v) is 15.9. The zero-order chi connectivity index (χ0) is 18.8. The molecule has 0 spiro atoms. The summed E-state index contributed by atoms with van der Waals surface area (Å²) in [6.07, 6.45) is 0.598. The van der Waals surface area contributed by atoms with Gasteiger partial charge in [0.2, 0.25) is 11.8 Å². The van der Waals surface area contributed by atoms with Crippen LogP contribution in [0.3, 0.4) is 0 Å². The Morgan fingerprint density at radius 3 is 2.12 bits per heavy atom. The fourth-order valence-electron chi connectivity index (χ4n) is 3.54. The largest absolute Gasteiger partial charge is 0.497 e. The molecule has 6 nitrogen and oxygen atoms in total. The number of imide groups is 1. The second-order valence-corrected chi connectivity index (χ2v) is 7.02. The number of benzene rings is 1. The fraction of sp³-hybridized carbons (Fsp3) is 0.579. The average molecular weight is 348 g/mol. The Balaban J connectivity index is 2.63. The van der Waals surface area contributed by atoms with Gasteiger partial charge < -0.3 is 14.4 Å². The first-order chi connectivity index (χ1) is 11.8. The molecule has 1 saturated heterocycles. The van der Waals surface area contributed by atoms with Gasteiger partial charge in [-0.15, -0.1) is 0 Å². The standard InChI is InChI=1S/C19H28N2O4/c1-12-13(2)19(7-8-21(3)4,18(23)20-17(12)22)14-9-15(24-5)11-16(10-14)25-6/h9-13H,7-8H2,1-6H3,(H,20,22,23). The summed E-state index contributed by atoms with van der Waals surface area (Å²) in [6, 6.07) is 5.52. The summed E-state index contributed by atoms with van der Waals surface area (Å²) >= 11 is 0. The van der Waals surface area contributed by atoms with Crippen LogP contribution in [0, 0.1) is 11.8 Å². The van der Waals surface area contributed by atoms with Crippen molar-refractivity contribution in [1.29, 1.82) is 0 Å². The van der Waals surface area contributed by atoms with E-state index in [2.05, 4.69) is 5.32 Å². The SMILES string of the molecule is COc1cc(OC)cc(C2(CCN(C)C)C(=O)NC(=O)C(C)C2C)c1. The van der Waals surface area contributed by atoms with Crippen molar-refractivity contribution >= 4 is 11.8 Å². The van der Waals surface area contributed by atoms with Crippen LogP contribution in [0.1, 0.15) is 25.8 Å². The lowest BCUT2D eigenvalue weighted by molar-refractivity contribution is -0.145. The van der Waals surface area contributed by atoms with Crippen LogP contribution in [0.25, 0.3) is 0 Å². The third-order valence-corrected chi connectivity index (χ3v) is 5.40. The summed E-state index contributed by atoms with van der Waals surface area (Å²) in [7, 11) is 7.11. The van der Waals surface area contributed by atoms with Crippen LogP contribution < -0.4 is 14.8 Å². The van der Waals surface area contributed by atoms with Gasteiger partial charge >= 0.3 is 0 Å². The molecule has 1 aliphatic rings. The molecular formula is C19H28N2O4. The second-order valence-electron chi connectivity index (χ2n) is 7.02. The first kappa shape index (κ1) is 19.2. The van der Waals surface area contributed by atoms with Gasteiger partial charge in [-0.25, -0.2) is 0 Å². The van der Waals surface area contributed by atoms with Crippen molar-refractivity contribution in [2.45, 2.75) is 25.7 Å². The molecule has 0 aromatic heterocycles. The number of hydrogen-bond donors (Lipinski definition) is 1. The van der Waals surface area contributed by atoms with E-state index in [0.717, 1.165) is 12.1 Å². The summed E-state index contributed by atoms with van der Waals surface area (Å²) in [5, 5.41) is 2.57. The molecule has 1 fully saturated rings. The Morgan fingerprint density at radius 2 is 1.64 bits per heavy atom. The maximum absolute atomic E-state index is 13.1. The first-order valence-corrected chi connectivity index (χ1v) is 8.49. The lowest BCUT2D eigenvalue weighted by Crippen LogP contribution is -2.60. The van der Waals surface area contributed by atoms with E-state index in [1.54, 1.807) is 20.3 Å². The molecule has 3 atom stereocenters. The maximum Gasteiger partial charge on any atom is 0.237 e. The Kier molecular flexibility index (Phi) is 5.72. The van der Waals surface area contributed by atoms with Gasteiger partial charge in [-0.1, -0.05) is 13.8 Å². The minimum absolute atomic E-state index is 0.148. The van der Waals surface area contributed by atoms with Crippen molar-refractivity contribution in [3.8, 4) is 11.5 Å². The van der Waals surface area contributed by atoms with Crippen molar-refractivity contribution in [1.82, 2.24) is 10.2 Å². The van der Waals surface area contributed by atoms with Crippen LogP contribution in [-0.2, 0) is 15.0 Å². The molecule has 6 heteroatoms. The number of carbonyl (C=O) groups excluding carboxylic acids is 2. The van der Waals surface area contributed by atoms with E-state index in [1.807, 2.05) is 45.0 Å². The number of ether oxygens (including phenoxy) is 2. The lowest BCUT2D eigenvalue weighted by Gasteiger charge is -2.44. The van der Waals surface area contributed by atoms with Crippen LogP contribution in [0.2, 0.25) is 0 Å². The van der Waals surface area contributed by atoms with Gasteiger partial charge in [-0.3, -0.25) is 14.9 Å². The molecule has 0 aliphatic carbocycles. The number of amides is 2. The molecule has 2 amide bonds. The highest BCUT2D eigenvalue weighted by atomic mass is 16.5. The lowest BCUT2D eigenvalue weighted by atomic mass is 9.61. The molecule has 25 heavy (non-hydrogen) atoms. The normalized spacial score (nSPS) is 26.5. The molecule has 1 aromatic carbocycles. The molecule has 0 radical (unpaired) electrons. The average Bonchev–Trinajstić information content (AvgIpc) is 2.59. The smallest absolute Gasteiger partial charge is 0.237 e. The number of nitrogens with one attached hydrogen (secondary N) is 1. The number of hydrogen-bond acceptors (Lipinski definition) is 5. The van der Waals surface area contributed by atoms with E-state index in [-0.39, 0.29) is 23.7 Å². The Labute approximate surface area is 149 Å². The maximum atomic E-state index is 13.1. The molecule has 1 aromatic rings. The van der Waals surface area contributed by atoms with E-state index < -0.39 is 5.41 Å². The van der Waals surface area contributed by atoms with Gasteiger partial charge in [0.15, 0.2) is 0 Å². The fourth-order valence-corrected chi connectivity index (χ4v) is 3.54. The van der Waals surface area contributed by atoms with Crippen molar-refractivity contribution < 1.29 is 19.1 Å². The molecule has 2 rings (SSSR count). The quantitative estimate of drug-likeness (QED) is 0.795. The highest BCUT2D eigenvalue weighted by Crippen LogP contribution is 2.45. The molecule has 1 N–H and O–H groups in total. The summed E-state index contributed by atoms with van der Waals surface area (Å²) in [4.78, 5) is 27.2. The highest BCUT2D eigenvalue weighted by Gasteiger charge is 2.52. The third-order valence-electron chi connectivity index (χ3n) is 5.40. The monoisotopic (exact) mass is 348 g/mol. The molecule has 3 unspecified atom stereocenters. The number of piperidine rings is 1. The van der Waals surface area contributed by atoms with E-state index >= 15 is 0 Å². The molecular weight excluding hydrogens is 320 g/mol. The molecule has 1 heterocycles. The summed E-state index contributed by atoms with van der Waals surface area (Å²) in [5.41, 5.74) is -0.00530. The van der Waals surface area contributed by atoms with Crippen LogP contribution in [0.5, 0.6) is 11.5 Å². The number of nitrogens with zero attached hydrogens (tertiary/aromatic N) is 1. The number of carbonyl (C=O) groups is 2. The van der Waals surface area contributed by atoms with E-state index in [0.29, 0.717) is 17.9 Å². The third kappa shape index (κ3) is 3.49. The first-order valence-electron chi connectivity index (χ1n) is 8.49. The van der Waals surface area contributed by atoms with Gasteiger partial charge in [0, 0.05) is 12.0 Å². The van der Waals surface area contributed by atoms with Gasteiger partial charge in [-0.2, -0.15) is 0 Å². The topological polar surface area (TPSA) is 67.9 Å². The van der Waals surface area contributed by atoms with Crippen molar-refractivity contribution in [3.63, 3.8) is 0 Å². The van der Waals surface area contributed by atoms with Gasteiger partial charge in [-0.05, 0) is 50.7 Å². The van der Waals surface area contributed by atoms with Gasteiger partial charge in [0.05, 0.1) is 19.6 Å². The zero-order valence-electron chi connectivity index (χ0n) is 15.9. The Hall–Kier alpha value is -2.08. The summed E-state index contributed by atoms with van der Waals surface area (Å²) < 4.78 is 10.8. The highest BCUT2D eigenvalue weighted by molar-refractivity contribution is 6.04. The minimum atomic E-state index is -0.820. The number of methoxy groups -OCH3 is 2. The molecule has 0 bridgehead atoms. The minimum Gasteiger partial charge on any atom is -0.497 e. The summed E-state index contributed by atoms with van der Waals surface area (Å²) in [6.45, 7) is 4.56. The Morgan fingerprint density at radius 1 is 1.08 bits per heavy atom. The van der Waals surface area contributed by atoms with Gasteiger partial charge in [0.25, 0.3) is 0 Å². The van der Waals surface area contributed by atoms with Crippen molar-refractivity contribution in [3.05, 3.63) is 23.8 Å². The van der Waals surface area contributed by atoms with Crippen LogP contribution in [-0.4, -0.2) is 51.6 Å². The Bertz CT molecular complexity index is 637.